The van der Waals surface area contributed by atoms with Crippen molar-refractivity contribution in [3.63, 3.8) is 0 Å². The van der Waals surface area contributed by atoms with E-state index in [9.17, 15) is 0 Å². The molecule has 0 spiro atoms. The Balaban J connectivity index is 2.85. The molecule has 0 aromatic rings. The Morgan fingerprint density at radius 2 is 3.00 bits per heavy atom. The van der Waals surface area contributed by atoms with Crippen LogP contribution < -0.4 is 0 Å². The molecule has 0 aliphatic rings. The van der Waals surface area contributed by atoms with Gasteiger partial charge < -0.3 is 0 Å². The minimum absolute atomic E-state index is 0.198. The zero-order chi connectivity index (χ0) is 4.83. The van der Waals surface area contributed by atoms with Crippen molar-refractivity contribution in [3.8, 4) is 0 Å². The Kier molecular flexibility index (Phi) is 1.64. The summed E-state index contributed by atoms with van der Waals surface area (Å²) in [4.78, 5) is 3.30. The summed E-state index contributed by atoms with van der Waals surface area (Å²) in [6, 6.07) is 0. The molecule has 0 rings (SSSR count). The maximum absolute atomic E-state index is 6.08. The van der Waals surface area contributed by atoms with E-state index in [1.54, 1.807) is 0 Å². The number of hydrogen-bond acceptors (Lipinski definition) is 3. The highest BCUT2D eigenvalue weighted by molar-refractivity contribution is 5.22. The zero-order valence-corrected chi connectivity index (χ0v) is 2.76. The van der Waals surface area contributed by atoms with Crippen LogP contribution in [0.3, 0.4) is 0 Å². The third-order valence-electron chi connectivity index (χ3n) is 0.163. The predicted molar refractivity (Wildman–Crippen MR) is 19.6 cm³/mol. The maximum Gasteiger partial charge on any atom is 0.213 e. The third-order valence-corrected chi connectivity index (χ3v) is 0.163. The standard InChI is InChI=1S/C2H5N3/c1-4-2-5-3/h3H,1-2H2/i/hD. The average molecular weight is 72.1 g/mol. The Bertz CT molecular complexity index is 59.8. The molecule has 3 heteroatoms. The fourth-order valence-corrected chi connectivity index (χ4v) is 0.0447. The Labute approximate surface area is 31.7 Å². The van der Waals surface area contributed by atoms with Crippen molar-refractivity contribution >= 4 is 6.72 Å². The molecule has 0 aromatic carbocycles. The van der Waals surface area contributed by atoms with Gasteiger partial charge in [-0.1, -0.05) is 0 Å². The van der Waals surface area contributed by atoms with Crippen molar-refractivity contribution in [1.29, 1.82) is 5.52 Å². The molecule has 0 unspecified atom stereocenters. The van der Waals surface area contributed by atoms with Crippen molar-refractivity contribution in [3.05, 3.63) is 0 Å². The summed E-state index contributed by atoms with van der Waals surface area (Å²) in [5.41, 5.74) is 2.67. The first-order chi connectivity index (χ1) is 2.91. The Morgan fingerprint density at radius 1 is 2.20 bits per heavy atom. The molecule has 0 heterocycles. The molecule has 0 aliphatic carbocycles. The lowest BCUT2D eigenvalue weighted by Gasteiger charge is -1.66. The Hall–Kier alpha value is -0.730. The molecule has 0 aliphatic heterocycles. The Morgan fingerprint density at radius 3 is 3.20 bits per heavy atom. The topological polar surface area (TPSA) is 48.6 Å². The van der Waals surface area contributed by atoms with E-state index in [0.29, 0.717) is 0 Å². The van der Waals surface area contributed by atoms with Crippen LogP contribution in [0.4, 0.5) is 0 Å². The van der Waals surface area contributed by atoms with Gasteiger partial charge in [0.15, 0.2) is 0 Å². The van der Waals surface area contributed by atoms with Gasteiger partial charge in [0.1, 0.15) is 6.67 Å². The van der Waals surface area contributed by atoms with E-state index < -0.39 is 0 Å². The van der Waals surface area contributed by atoms with Gasteiger partial charge >= 0.3 is 0 Å². The SMILES string of the molecule is [2H]N=NCN=C. The lowest BCUT2D eigenvalue weighted by atomic mass is 11.2. The number of hydrogen-bond donors (Lipinski definition) is 1. The summed E-state index contributed by atoms with van der Waals surface area (Å²) in [6.07, 6.45) is 0. The van der Waals surface area contributed by atoms with E-state index in [-0.39, 0.29) is 6.67 Å². The molecule has 3 nitrogen and oxygen atoms in total. The summed E-state index contributed by atoms with van der Waals surface area (Å²) in [7, 11) is 0. The van der Waals surface area contributed by atoms with Crippen LogP contribution in [0, 0.1) is 5.52 Å². The van der Waals surface area contributed by atoms with Gasteiger partial charge in [0.2, 0.25) is 1.41 Å². The summed E-state index contributed by atoms with van der Waals surface area (Å²) in [5, 5.41) is 3.15. The maximum atomic E-state index is 6.08. The van der Waals surface area contributed by atoms with Crippen molar-refractivity contribution in [2.75, 3.05) is 6.67 Å². The molecule has 0 saturated heterocycles. The van der Waals surface area contributed by atoms with E-state index in [4.69, 9.17) is 1.41 Å². The quantitative estimate of drug-likeness (QED) is 0.368. The number of rotatable bonds is 2. The van der Waals surface area contributed by atoms with Crippen LogP contribution in [0.2, 0.25) is 1.41 Å². The van der Waals surface area contributed by atoms with Crippen molar-refractivity contribution in [1.82, 2.24) is 0 Å². The normalized spacial score (nSPS) is 11.6. The summed E-state index contributed by atoms with van der Waals surface area (Å²) < 4.78 is 6.08. The smallest absolute Gasteiger partial charge is 0.213 e. The fraction of sp³-hybridized carbons (Fsp3) is 0.500. The van der Waals surface area contributed by atoms with Crippen molar-refractivity contribution in [2.24, 2.45) is 10.1 Å². The fourth-order valence-electron chi connectivity index (χ4n) is 0.0447. The lowest BCUT2D eigenvalue weighted by Crippen LogP contribution is -1.59. The highest BCUT2D eigenvalue weighted by atomic mass is 15.0. The third kappa shape index (κ3) is 3.27. The van der Waals surface area contributed by atoms with Crippen molar-refractivity contribution < 1.29 is 1.41 Å². The van der Waals surface area contributed by atoms with Gasteiger partial charge in [0, 0.05) is 0 Å². The van der Waals surface area contributed by atoms with Gasteiger partial charge in [-0.3, -0.25) is 4.99 Å². The highest BCUT2D eigenvalue weighted by Crippen LogP contribution is 1.60. The van der Waals surface area contributed by atoms with Crippen LogP contribution in [0.25, 0.3) is 0 Å². The highest BCUT2D eigenvalue weighted by Gasteiger charge is 1.53. The lowest BCUT2D eigenvalue weighted by molar-refractivity contribution is 0.924. The van der Waals surface area contributed by atoms with Crippen LogP contribution in [0.15, 0.2) is 10.1 Å². The minimum atomic E-state index is 0.198. The zero-order valence-electron chi connectivity index (χ0n) is 3.76. The summed E-state index contributed by atoms with van der Waals surface area (Å²) in [6.45, 7) is 3.31. The molecule has 0 fully saturated rings. The van der Waals surface area contributed by atoms with Gasteiger partial charge in [-0.25, -0.2) is 5.52 Å². The van der Waals surface area contributed by atoms with E-state index in [2.05, 4.69) is 22.3 Å². The van der Waals surface area contributed by atoms with E-state index in [1.165, 1.54) is 0 Å². The molecular formula is C2H5N3. The largest absolute Gasteiger partial charge is 0.276 e. The van der Waals surface area contributed by atoms with Crippen LogP contribution >= 0.6 is 0 Å². The molecule has 0 radical (unpaired) electrons. The first kappa shape index (κ1) is 2.50. The molecular weight excluding hydrogens is 66.0 g/mol. The van der Waals surface area contributed by atoms with Gasteiger partial charge in [-0.15, -0.1) is 0 Å². The van der Waals surface area contributed by atoms with Crippen LogP contribution in [0.5, 0.6) is 0 Å². The van der Waals surface area contributed by atoms with Gasteiger partial charge in [-0.05, 0) is 6.72 Å². The molecule has 1 N–H and O–H groups in total. The molecule has 5 heavy (non-hydrogen) atoms. The first-order valence-corrected chi connectivity index (χ1v) is 1.15. The van der Waals surface area contributed by atoms with Crippen molar-refractivity contribution in [2.45, 2.75) is 0 Å². The minimum Gasteiger partial charge on any atom is -0.276 e. The van der Waals surface area contributed by atoms with Gasteiger partial charge in [-0.2, -0.15) is 5.11 Å². The average Bonchev–Trinajstić information content (AvgIpc) is 1.61. The summed E-state index contributed by atoms with van der Waals surface area (Å²) >= 11 is 0. The van der Waals surface area contributed by atoms with Gasteiger partial charge in [0.05, 0.1) is 0 Å². The second-order valence-corrected chi connectivity index (χ2v) is 0.506. The monoisotopic (exact) mass is 72.1 g/mol. The van der Waals surface area contributed by atoms with Gasteiger partial charge in [0.25, 0.3) is 0 Å². The molecule has 28 valence electrons. The second kappa shape index (κ2) is 3.27. The number of nitrogens with one attached hydrogen (secondary N) is 1. The molecule has 0 atom stereocenters. The molecule has 0 amide bonds. The molecule has 0 bridgehead atoms. The van der Waals surface area contributed by atoms with E-state index in [0.717, 1.165) is 0 Å². The predicted octanol–water partition coefficient (Wildman–Crippen LogP) is 0.675. The molecule has 0 aromatic heterocycles. The van der Waals surface area contributed by atoms with E-state index >= 15 is 0 Å². The van der Waals surface area contributed by atoms with Crippen LogP contribution in [-0.2, 0) is 0 Å². The summed E-state index contributed by atoms with van der Waals surface area (Å²) in [5.74, 6) is 0. The second-order valence-electron chi connectivity index (χ2n) is 0.506. The number of aliphatic imine (C=N–C) groups is 1. The van der Waals surface area contributed by atoms with Crippen LogP contribution in [0.1, 0.15) is 0 Å². The van der Waals surface area contributed by atoms with E-state index in [1.807, 2.05) is 0 Å². The van der Waals surface area contributed by atoms with Crippen LogP contribution in [-0.4, -0.2) is 13.4 Å². The number of nitrogens with zero attached hydrogens (tertiary/aromatic N) is 2. The molecule has 0 saturated carbocycles. The first-order valence-electron chi connectivity index (χ1n) is 1.60.